The zero-order valence-corrected chi connectivity index (χ0v) is 12.8. The van der Waals surface area contributed by atoms with Gasteiger partial charge in [-0.15, -0.1) is 0 Å². The van der Waals surface area contributed by atoms with Gasteiger partial charge in [0.15, 0.2) is 0 Å². The molecule has 0 aliphatic rings. The lowest BCUT2D eigenvalue weighted by molar-refractivity contribution is -0.138. The molecule has 1 aromatic rings. The molecular formula is C11H14BrNO5S. The highest BCUT2D eigenvalue weighted by Crippen LogP contribution is 2.27. The maximum Gasteiger partial charge on any atom is 0.321 e. The lowest BCUT2D eigenvalue weighted by atomic mass is 10.3. The molecule has 0 bridgehead atoms. The van der Waals surface area contributed by atoms with Gasteiger partial charge in [-0.3, -0.25) is 4.79 Å². The summed E-state index contributed by atoms with van der Waals surface area (Å²) in [6, 6.07) is 3.29. The summed E-state index contributed by atoms with van der Waals surface area (Å²) in [6.07, 6.45) is 0. The van der Waals surface area contributed by atoms with E-state index in [9.17, 15) is 13.2 Å². The van der Waals surface area contributed by atoms with Crippen molar-refractivity contribution in [3.8, 4) is 5.75 Å². The molecule has 0 fully saturated rings. The minimum absolute atomic E-state index is 0.100. The molecule has 0 spiro atoms. The molecule has 0 amide bonds. The van der Waals surface area contributed by atoms with E-state index in [1.54, 1.807) is 13.0 Å². The largest absolute Gasteiger partial charge is 0.492 e. The van der Waals surface area contributed by atoms with E-state index in [-0.39, 0.29) is 10.6 Å². The Morgan fingerprint density at radius 1 is 1.53 bits per heavy atom. The van der Waals surface area contributed by atoms with Crippen LogP contribution in [0.3, 0.4) is 0 Å². The monoisotopic (exact) mass is 351 g/mol. The fraction of sp³-hybridized carbons (Fsp3) is 0.364. The molecule has 1 rings (SSSR count). The van der Waals surface area contributed by atoms with Crippen LogP contribution in [0.5, 0.6) is 5.75 Å². The predicted molar refractivity (Wildman–Crippen MR) is 72.7 cm³/mol. The Morgan fingerprint density at radius 2 is 2.16 bits per heavy atom. The van der Waals surface area contributed by atoms with Gasteiger partial charge in [-0.25, -0.2) is 8.42 Å². The van der Waals surface area contributed by atoms with Gasteiger partial charge in [0.25, 0.3) is 0 Å². The number of hydrogen-bond acceptors (Lipinski definition) is 4. The minimum Gasteiger partial charge on any atom is -0.492 e. The Morgan fingerprint density at radius 3 is 2.68 bits per heavy atom. The van der Waals surface area contributed by atoms with Gasteiger partial charge in [-0.2, -0.15) is 4.72 Å². The van der Waals surface area contributed by atoms with Crippen molar-refractivity contribution < 1.29 is 23.1 Å². The first-order valence-corrected chi connectivity index (χ1v) is 7.73. The SMILES string of the molecule is CCOc1ccc(Br)cc1S(=O)(=O)N[C@@H](C)C(=O)O. The van der Waals surface area contributed by atoms with E-state index in [0.29, 0.717) is 11.1 Å². The van der Waals surface area contributed by atoms with E-state index in [1.165, 1.54) is 19.1 Å². The number of aliphatic carboxylic acids is 1. The van der Waals surface area contributed by atoms with Crippen LogP contribution in [0, 0.1) is 0 Å². The van der Waals surface area contributed by atoms with Gasteiger partial charge in [0.2, 0.25) is 10.0 Å². The van der Waals surface area contributed by atoms with Gasteiger partial charge in [-0.1, -0.05) is 15.9 Å². The van der Waals surface area contributed by atoms with Crippen molar-refractivity contribution >= 4 is 31.9 Å². The number of benzene rings is 1. The maximum absolute atomic E-state index is 12.1. The van der Waals surface area contributed by atoms with Gasteiger partial charge in [0.05, 0.1) is 6.61 Å². The lowest BCUT2D eigenvalue weighted by Crippen LogP contribution is -2.38. The van der Waals surface area contributed by atoms with Crippen molar-refractivity contribution in [3.05, 3.63) is 22.7 Å². The molecule has 106 valence electrons. The standard InChI is InChI=1S/C11H14BrNO5S/c1-3-18-9-5-4-8(12)6-10(9)19(16,17)13-7(2)11(14)15/h4-7,13H,3H2,1-2H3,(H,14,15)/t7-/m0/s1. The number of sulfonamides is 1. The summed E-state index contributed by atoms with van der Waals surface area (Å²) < 4.78 is 32.1. The lowest BCUT2D eigenvalue weighted by Gasteiger charge is -2.14. The normalized spacial score (nSPS) is 13.0. The van der Waals surface area contributed by atoms with E-state index >= 15 is 0 Å². The van der Waals surface area contributed by atoms with Crippen LogP contribution in [0.2, 0.25) is 0 Å². The number of rotatable bonds is 6. The Bertz CT molecular complexity index is 572. The second kappa shape index (κ2) is 6.36. The van der Waals surface area contributed by atoms with Crippen LogP contribution in [0.1, 0.15) is 13.8 Å². The first kappa shape index (κ1) is 15.9. The molecular weight excluding hydrogens is 338 g/mol. The van der Waals surface area contributed by atoms with Crippen molar-refractivity contribution in [2.45, 2.75) is 24.8 Å². The number of ether oxygens (including phenoxy) is 1. The molecule has 0 aliphatic carbocycles. The summed E-state index contributed by atoms with van der Waals surface area (Å²) >= 11 is 3.17. The topological polar surface area (TPSA) is 92.7 Å². The summed E-state index contributed by atoms with van der Waals surface area (Å²) in [5, 5.41) is 8.75. The third kappa shape index (κ3) is 4.19. The highest BCUT2D eigenvalue weighted by Gasteiger charge is 2.25. The molecule has 0 heterocycles. The number of halogens is 1. The molecule has 0 radical (unpaired) electrons. The molecule has 8 heteroatoms. The highest BCUT2D eigenvalue weighted by molar-refractivity contribution is 9.10. The van der Waals surface area contributed by atoms with E-state index in [0.717, 1.165) is 0 Å². The average molecular weight is 352 g/mol. The Hall–Kier alpha value is -1.12. The Balaban J connectivity index is 3.19. The van der Waals surface area contributed by atoms with Crippen LogP contribution in [0.4, 0.5) is 0 Å². The van der Waals surface area contributed by atoms with Crippen molar-refractivity contribution in [3.63, 3.8) is 0 Å². The number of carboxylic acids is 1. The smallest absolute Gasteiger partial charge is 0.321 e. The fourth-order valence-corrected chi connectivity index (χ4v) is 3.19. The van der Waals surface area contributed by atoms with Crippen molar-refractivity contribution in [2.24, 2.45) is 0 Å². The third-order valence-corrected chi connectivity index (χ3v) is 4.25. The molecule has 0 saturated heterocycles. The van der Waals surface area contributed by atoms with Gasteiger partial charge >= 0.3 is 5.97 Å². The van der Waals surface area contributed by atoms with Crippen LogP contribution in [0.15, 0.2) is 27.6 Å². The molecule has 1 atom stereocenters. The van der Waals surface area contributed by atoms with Crippen LogP contribution in [0.25, 0.3) is 0 Å². The highest BCUT2D eigenvalue weighted by atomic mass is 79.9. The third-order valence-electron chi connectivity index (χ3n) is 2.20. The van der Waals surface area contributed by atoms with E-state index in [1.807, 2.05) is 0 Å². The average Bonchev–Trinajstić information content (AvgIpc) is 2.31. The summed E-state index contributed by atoms with van der Waals surface area (Å²) in [4.78, 5) is 10.6. The molecule has 0 aliphatic heterocycles. The van der Waals surface area contributed by atoms with E-state index < -0.39 is 22.0 Å². The summed E-state index contributed by atoms with van der Waals surface area (Å²) in [7, 11) is -3.97. The molecule has 0 saturated carbocycles. The van der Waals surface area contributed by atoms with E-state index in [4.69, 9.17) is 9.84 Å². The van der Waals surface area contributed by atoms with E-state index in [2.05, 4.69) is 20.7 Å². The molecule has 1 aromatic carbocycles. The molecule has 19 heavy (non-hydrogen) atoms. The summed E-state index contributed by atoms with van der Waals surface area (Å²) in [5.41, 5.74) is 0. The van der Waals surface area contributed by atoms with Crippen molar-refractivity contribution in [1.29, 1.82) is 0 Å². The number of nitrogens with one attached hydrogen (secondary N) is 1. The predicted octanol–water partition coefficient (Wildman–Crippen LogP) is 1.60. The molecule has 2 N–H and O–H groups in total. The van der Waals surface area contributed by atoms with Crippen LogP contribution in [-0.2, 0) is 14.8 Å². The van der Waals surface area contributed by atoms with Crippen LogP contribution in [-0.4, -0.2) is 32.1 Å². The van der Waals surface area contributed by atoms with Crippen LogP contribution < -0.4 is 9.46 Å². The molecule has 0 unspecified atom stereocenters. The zero-order chi connectivity index (χ0) is 14.6. The summed E-state index contributed by atoms with van der Waals surface area (Å²) in [6.45, 7) is 3.28. The Labute approximate surface area is 120 Å². The number of carboxylic acid groups (broad SMARTS) is 1. The van der Waals surface area contributed by atoms with Crippen molar-refractivity contribution in [2.75, 3.05) is 6.61 Å². The first-order valence-electron chi connectivity index (χ1n) is 5.45. The van der Waals surface area contributed by atoms with Gasteiger partial charge in [-0.05, 0) is 32.0 Å². The first-order chi connectivity index (χ1) is 8.77. The van der Waals surface area contributed by atoms with Gasteiger partial charge in [0, 0.05) is 4.47 Å². The summed E-state index contributed by atoms with van der Waals surface area (Å²) in [5.74, 6) is -1.08. The van der Waals surface area contributed by atoms with Crippen molar-refractivity contribution in [1.82, 2.24) is 4.72 Å². The van der Waals surface area contributed by atoms with Gasteiger partial charge in [0.1, 0.15) is 16.7 Å². The number of carbonyl (C=O) groups is 1. The molecule has 0 aromatic heterocycles. The maximum atomic E-state index is 12.1. The quantitative estimate of drug-likeness (QED) is 0.811. The van der Waals surface area contributed by atoms with Crippen LogP contribution >= 0.6 is 15.9 Å². The second-order valence-corrected chi connectivity index (χ2v) is 6.30. The second-order valence-electron chi connectivity index (χ2n) is 3.71. The van der Waals surface area contributed by atoms with Gasteiger partial charge < -0.3 is 9.84 Å². The molecule has 6 nitrogen and oxygen atoms in total. The minimum atomic E-state index is -3.97. The number of hydrogen-bond donors (Lipinski definition) is 2. The fourth-order valence-electron chi connectivity index (χ4n) is 1.31. The Kier molecular flexibility index (Phi) is 5.33. The zero-order valence-electron chi connectivity index (χ0n) is 10.4.